The number of nitrogens with two attached hydrogens (primary N) is 1. The lowest BCUT2D eigenvalue weighted by Gasteiger charge is -2.07. The van der Waals surface area contributed by atoms with Crippen LogP contribution < -0.4 is 5.73 Å². The number of rotatable bonds is 4. The highest BCUT2D eigenvalue weighted by Crippen LogP contribution is 2.22. The maximum Gasteiger partial charge on any atom is 0.0176 e. The first kappa shape index (κ1) is 11.1. The quantitative estimate of drug-likeness (QED) is 0.842. The van der Waals surface area contributed by atoms with Gasteiger partial charge in [-0.25, -0.2) is 0 Å². The first-order valence-corrected chi connectivity index (χ1v) is 6.08. The fraction of sp³-hybridized carbons (Fsp3) is 0.400. The molecule has 1 nitrogen and oxygen atoms in total. The fourth-order valence-corrected chi connectivity index (χ4v) is 2.04. The van der Waals surface area contributed by atoms with Crippen molar-refractivity contribution in [1.29, 1.82) is 0 Å². The van der Waals surface area contributed by atoms with Gasteiger partial charge in [0.15, 0.2) is 0 Å². The Morgan fingerprint density at radius 2 is 2.00 bits per heavy atom. The lowest BCUT2D eigenvalue weighted by molar-refractivity contribution is 0.675. The predicted octanol–water partition coefficient (Wildman–Crippen LogP) is 3.14. The third kappa shape index (κ3) is 4.16. The van der Waals surface area contributed by atoms with Crippen LogP contribution in [0.5, 0.6) is 0 Å². The Morgan fingerprint density at radius 3 is 2.54 bits per heavy atom. The zero-order valence-electron chi connectivity index (χ0n) is 7.66. The average molecular weight is 260 g/mol. The first-order valence-electron chi connectivity index (χ1n) is 4.31. The van der Waals surface area contributed by atoms with E-state index in [2.05, 4.69) is 47.1 Å². The summed E-state index contributed by atoms with van der Waals surface area (Å²) in [6.45, 7) is 2.94. The van der Waals surface area contributed by atoms with E-state index in [1.165, 1.54) is 4.90 Å². The molecule has 0 aliphatic carbocycles. The molecule has 0 fully saturated rings. The molecular weight excluding hydrogens is 246 g/mol. The highest BCUT2D eigenvalue weighted by atomic mass is 79.9. The molecule has 0 spiro atoms. The molecule has 0 aliphatic heterocycles. The zero-order valence-corrected chi connectivity index (χ0v) is 10.1. The molecule has 72 valence electrons. The van der Waals surface area contributed by atoms with Crippen LogP contribution in [-0.2, 0) is 0 Å². The van der Waals surface area contributed by atoms with Crippen molar-refractivity contribution in [3.63, 3.8) is 0 Å². The van der Waals surface area contributed by atoms with Gasteiger partial charge in [-0.15, -0.1) is 11.8 Å². The van der Waals surface area contributed by atoms with E-state index in [0.717, 1.165) is 16.8 Å². The van der Waals surface area contributed by atoms with Crippen molar-refractivity contribution in [3.8, 4) is 0 Å². The van der Waals surface area contributed by atoms with Gasteiger partial charge < -0.3 is 5.73 Å². The van der Waals surface area contributed by atoms with Crippen LogP contribution in [0.1, 0.15) is 6.92 Å². The summed E-state index contributed by atoms with van der Waals surface area (Å²) >= 11 is 5.27. The fourth-order valence-electron chi connectivity index (χ4n) is 0.837. The maximum atomic E-state index is 5.54. The standard InChI is InChI=1S/C10H14BrNS/c1-8(6-12)7-13-10-4-2-9(11)3-5-10/h2-5,8H,6-7,12H2,1H3/t8-/m1/s1. The van der Waals surface area contributed by atoms with E-state index in [4.69, 9.17) is 5.73 Å². The molecule has 0 radical (unpaired) electrons. The average Bonchev–Trinajstić information content (AvgIpc) is 2.16. The van der Waals surface area contributed by atoms with Crippen LogP contribution in [0.3, 0.4) is 0 Å². The van der Waals surface area contributed by atoms with Crippen molar-refractivity contribution in [2.45, 2.75) is 11.8 Å². The van der Waals surface area contributed by atoms with Gasteiger partial charge in [0.1, 0.15) is 0 Å². The molecule has 1 rings (SSSR count). The van der Waals surface area contributed by atoms with Crippen LogP contribution >= 0.6 is 27.7 Å². The molecule has 2 N–H and O–H groups in total. The molecule has 0 saturated carbocycles. The summed E-state index contributed by atoms with van der Waals surface area (Å²) in [6, 6.07) is 8.38. The molecule has 0 amide bonds. The smallest absolute Gasteiger partial charge is 0.0176 e. The Morgan fingerprint density at radius 1 is 1.38 bits per heavy atom. The Hall–Kier alpha value is 0.01000. The summed E-state index contributed by atoms with van der Waals surface area (Å²) in [5.74, 6) is 1.69. The molecule has 1 aromatic carbocycles. The molecule has 0 aromatic heterocycles. The predicted molar refractivity (Wildman–Crippen MR) is 63.1 cm³/mol. The van der Waals surface area contributed by atoms with Gasteiger partial charge >= 0.3 is 0 Å². The number of halogens is 1. The van der Waals surface area contributed by atoms with Crippen molar-refractivity contribution in [2.75, 3.05) is 12.3 Å². The Balaban J connectivity index is 2.41. The Bertz CT molecular complexity index is 248. The molecule has 0 unspecified atom stereocenters. The lowest BCUT2D eigenvalue weighted by atomic mass is 10.2. The molecule has 0 bridgehead atoms. The second-order valence-corrected chi connectivity index (χ2v) is 5.11. The van der Waals surface area contributed by atoms with Crippen LogP contribution in [0.15, 0.2) is 33.6 Å². The van der Waals surface area contributed by atoms with E-state index < -0.39 is 0 Å². The zero-order chi connectivity index (χ0) is 9.68. The third-order valence-corrected chi connectivity index (χ3v) is 3.62. The van der Waals surface area contributed by atoms with Gasteiger partial charge in [-0.1, -0.05) is 22.9 Å². The van der Waals surface area contributed by atoms with E-state index in [0.29, 0.717) is 5.92 Å². The second kappa shape index (κ2) is 5.68. The van der Waals surface area contributed by atoms with Crippen LogP contribution in [0.2, 0.25) is 0 Å². The van der Waals surface area contributed by atoms with E-state index in [1.54, 1.807) is 0 Å². The first-order chi connectivity index (χ1) is 6.22. The van der Waals surface area contributed by atoms with Gasteiger partial charge in [-0.2, -0.15) is 0 Å². The van der Waals surface area contributed by atoms with Crippen molar-refractivity contribution in [2.24, 2.45) is 11.7 Å². The lowest BCUT2D eigenvalue weighted by Crippen LogP contribution is -2.12. The molecule has 1 atom stereocenters. The monoisotopic (exact) mass is 259 g/mol. The SMILES string of the molecule is C[C@H](CN)CSc1ccc(Br)cc1. The number of benzene rings is 1. The summed E-state index contributed by atoms with van der Waals surface area (Å²) in [7, 11) is 0. The van der Waals surface area contributed by atoms with Crippen molar-refractivity contribution >= 4 is 27.7 Å². The van der Waals surface area contributed by atoms with Crippen LogP contribution in [0.4, 0.5) is 0 Å². The number of hydrogen-bond donors (Lipinski definition) is 1. The van der Waals surface area contributed by atoms with E-state index >= 15 is 0 Å². The van der Waals surface area contributed by atoms with Crippen molar-refractivity contribution in [3.05, 3.63) is 28.7 Å². The van der Waals surface area contributed by atoms with Crippen LogP contribution in [-0.4, -0.2) is 12.3 Å². The normalized spacial score (nSPS) is 12.8. The minimum Gasteiger partial charge on any atom is -0.330 e. The van der Waals surface area contributed by atoms with Gasteiger partial charge in [-0.05, 0) is 36.7 Å². The van der Waals surface area contributed by atoms with Gasteiger partial charge in [0, 0.05) is 15.1 Å². The molecule has 13 heavy (non-hydrogen) atoms. The number of hydrogen-bond acceptors (Lipinski definition) is 2. The molecule has 1 aromatic rings. The van der Waals surface area contributed by atoms with Gasteiger partial charge in [0.05, 0.1) is 0 Å². The van der Waals surface area contributed by atoms with Gasteiger partial charge in [-0.3, -0.25) is 0 Å². The molecule has 0 saturated heterocycles. The molecule has 3 heteroatoms. The second-order valence-electron chi connectivity index (χ2n) is 3.11. The topological polar surface area (TPSA) is 26.0 Å². The molecule has 0 heterocycles. The molecular formula is C10H14BrNS. The van der Waals surface area contributed by atoms with Gasteiger partial charge in [0.25, 0.3) is 0 Å². The summed E-state index contributed by atoms with van der Waals surface area (Å²) in [5.41, 5.74) is 5.54. The largest absolute Gasteiger partial charge is 0.330 e. The number of thioether (sulfide) groups is 1. The summed E-state index contributed by atoms with van der Waals surface area (Å²) < 4.78 is 1.13. The Labute approximate surface area is 92.2 Å². The maximum absolute atomic E-state index is 5.54. The van der Waals surface area contributed by atoms with E-state index in [9.17, 15) is 0 Å². The van der Waals surface area contributed by atoms with E-state index in [1.807, 2.05) is 11.8 Å². The van der Waals surface area contributed by atoms with Crippen LogP contribution in [0, 0.1) is 5.92 Å². The third-order valence-electron chi connectivity index (χ3n) is 1.75. The Kier molecular flexibility index (Phi) is 4.84. The minimum absolute atomic E-state index is 0.591. The van der Waals surface area contributed by atoms with Gasteiger partial charge in [0.2, 0.25) is 0 Å². The minimum atomic E-state index is 0.591. The van der Waals surface area contributed by atoms with E-state index in [-0.39, 0.29) is 0 Å². The summed E-state index contributed by atoms with van der Waals surface area (Å²) in [5, 5.41) is 0. The summed E-state index contributed by atoms with van der Waals surface area (Å²) in [4.78, 5) is 1.31. The van der Waals surface area contributed by atoms with Crippen molar-refractivity contribution < 1.29 is 0 Å². The summed E-state index contributed by atoms with van der Waals surface area (Å²) in [6.07, 6.45) is 0. The highest BCUT2D eigenvalue weighted by Gasteiger charge is 2.00. The van der Waals surface area contributed by atoms with Crippen molar-refractivity contribution in [1.82, 2.24) is 0 Å². The van der Waals surface area contributed by atoms with Crippen LogP contribution in [0.25, 0.3) is 0 Å². The molecule has 0 aliphatic rings. The highest BCUT2D eigenvalue weighted by molar-refractivity contribution is 9.10.